The van der Waals surface area contributed by atoms with Crippen molar-refractivity contribution in [1.29, 1.82) is 0 Å². The van der Waals surface area contributed by atoms with Crippen molar-refractivity contribution in [3.63, 3.8) is 0 Å². The van der Waals surface area contributed by atoms with E-state index in [-0.39, 0.29) is 11.4 Å². The SMILES string of the molecule is N[C@@H](Cc1cccc(F)c1Cl)C(=O)O. The molecule has 0 heterocycles. The highest BCUT2D eigenvalue weighted by atomic mass is 35.5. The Labute approximate surface area is 85.3 Å². The highest BCUT2D eigenvalue weighted by molar-refractivity contribution is 6.31. The summed E-state index contributed by atoms with van der Waals surface area (Å²) >= 11 is 5.62. The van der Waals surface area contributed by atoms with E-state index in [0.29, 0.717) is 5.56 Å². The molecule has 0 aromatic heterocycles. The van der Waals surface area contributed by atoms with Gasteiger partial charge in [0.1, 0.15) is 11.9 Å². The molecular weight excluding hydrogens is 209 g/mol. The van der Waals surface area contributed by atoms with Crippen molar-refractivity contribution in [2.75, 3.05) is 0 Å². The lowest BCUT2D eigenvalue weighted by molar-refractivity contribution is -0.138. The number of aliphatic carboxylic acids is 1. The molecule has 0 unspecified atom stereocenters. The molecule has 0 aliphatic heterocycles. The van der Waals surface area contributed by atoms with Gasteiger partial charge in [0.2, 0.25) is 0 Å². The van der Waals surface area contributed by atoms with Gasteiger partial charge in [-0.3, -0.25) is 4.79 Å². The Balaban J connectivity index is 2.87. The Hall–Kier alpha value is -1.13. The number of carbonyl (C=O) groups is 1. The van der Waals surface area contributed by atoms with Crippen LogP contribution in [0.15, 0.2) is 18.2 Å². The first-order valence-electron chi connectivity index (χ1n) is 3.93. The summed E-state index contributed by atoms with van der Waals surface area (Å²) in [5.41, 5.74) is 5.69. The standard InChI is InChI=1S/C9H9ClFNO2/c10-8-5(2-1-3-6(8)11)4-7(12)9(13)14/h1-3,7H,4,12H2,(H,13,14)/t7-/m0/s1. The Morgan fingerprint density at radius 2 is 2.29 bits per heavy atom. The molecule has 0 radical (unpaired) electrons. The second-order valence-corrected chi connectivity index (χ2v) is 3.24. The van der Waals surface area contributed by atoms with E-state index in [1.165, 1.54) is 12.1 Å². The van der Waals surface area contributed by atoms with E-state index in [2.05, 4.69) is 0 Å². The third-order valence-electron chi connectivity index (χ3n) is 1.79. The van der Waals surface area contributed by atoms with E-state index in [1.54, 1.807) is 6.07 Å². The summed E-state index contributed by atoms with van der Waals surface area (Å²) in [7, 11) is 0. The van der Waals surface area contributed by atoms with Crippen LogP contribution in [0.3, 0.4) is 0 Å². The summed E-state index contributed by atoms with van der Waals surface area (Å²) < 4.78 is 12.9. The van der Waals surface area contributed by atoms with Crippen LogP contribution in [0.5, 0.6) is 0 Å². The maximum Gasteiger partial charge on any atom is 0.320 e. The molecule has 0 fully saturated rings. The quantitative estimate of drug-likeness (QED) is 0.805. The van der Waals surface area contributed by atoms with E-state index >= 15 is 0 Å². The predicted octanol–water partition coefficient (Wildman–Crippen LogP) is 1.43. The lowest BCUT2D eigenvalue weighted by Gasteiger charge is -2.08. The number of hydrogen-bond acceptors (Lipinski definition) is 2. The van der Waals surface area contributed by atoms with Gasteiger partial charge in [-0.25, -0.2) is 4.39 Å². The summed E-state index contributed by atoms with van der Waals surface area (Å²) in [6, 6.07) is 3.16. The second kappa shape index (κ2) is 4.39. The van der Waals surface area contributed by atoms with Gasteiger partial charge in [0, 0.05) is 0 Å². The number of rotatable bonds is 3. The van der Waals surface area contributed by atoms with E-state index < -0.39 is 17.8 Å². The van der Waals surface area contributed by atoms with Crippen molar-refractivity contribution in [3.05, 3.63) is 34.6 Å². The van der Waals surface area contributed by atoms with Gasteiger partial charge in [0.15, 0.2) is 0 Å². The number of carboxylic acid groups (broad SMARTS) is 1. The van der Waals surface area contributed by atoms with Gasteiger partial charge in [-0.1, -0.05) is 23.7 Å². The zero-order chi connectivity index (χ0) is 10.7. The second-order valence-electron chi connectivity index (χ2n) is 2.86. The van der Waals surface area contributed by atoms with E-state index in [0.717, 1.165) is 0 Å². The van der Waals surface area contributed by atoms with Crippen molar-refractivity contribution in [2.45, 2.75) is 12.5 Å². The summed E-state index contributed by atoms with van der Waals surface area (Å²) in [5.74, 6) is -1.70. The van der Waals surface area contributed by atoms with Crippen molar-refractivity contribution in [3.8, 4) is 0 Å². The number of nitrogens with two attached hydrogens (primary N) is 1. The molecule has 0 saturated heterocycles. The third-order valence-corrected chi connectivity index (χ3v) is 2.21. The first-order valence-corrected chi connectivity index (χ1v) is 4.31. The van der Waals surface area contributed by atoms with E-state index in [9.17, 15) is 9.18 Å². The number of carboxylic acids is 1. The minimum atomic E-state index is -1.13. The topological polar surface area (TPSA) is 63.3 Å². The van der Waals surface area contributed by atoms with Crippen molar-refractivity contribution in [2.24, 2.45) is 5.73 Å². The first-order chi connectivity index (χ1) is 6.52. The molecule has 1 aromatic rings. The van der Waals surface area contributed by atoms with Gasteiger partial charge in [0.05, 0.1) is 5.02 Å². The van der Waals surface area contributed by atoms with Gasteiger partial charge < -0.3 is 10.8 Å². The lowest BCUT2D eigenvalue weighted by atomic mass is 10.1. The molecule has 1 rings (SSSR count). The fourth-order valence-electron chi connectivity index (χ4n) is 1.03. The molecule has 14 heavy (non-hydrogen) atoms. The van der Waals surface area contributed by atoms with Crippen molar-refractivity contribution in [1.82, 2.24) is 0 Å². The number of hydrogen-bond donors (Lipinski definition) is 2. The predicted molar refractivity (Wildman–Crippen MR) is 50.7 cm³/mol. The van der Waals surface area contributed by atoms with Crippen molar-refractivity contribution < 1.29 is 14.3 Å². The molecule has 3 N–H and O–H groups in total. The highest BCUT2D eigenvalue weighted by Crippen LogP contribution is 2.20. The zero-order valence-corrected chi connectivity index (χ0v) is 7.96. The smallest absolute Gasteiger partial charge is 0.320 e. The van der Waals surface area contributed by atoms with Crippen LogP contribution in [0.4, 0.5) is 4.39 Å². The van der Waals surface area contributed by atoms with Gasteiger partial charge in [-0.15, -0.1) is 0 Å². The zero-order valence-electron chi connectivity index (χ0n) is 7.21. The van der Waals surface area contributed by atoms with Crippen LogP contribution in [0.1, 0.15) is 5.56 Å². The monoisotopic (exact) mass is 217 g/mol. The lowest BCUT2D eigenvalue weighted by Crippen LogP contribution is -2.32. The summed E-state index contributed by atoms with van der Waals surface area (Å²) in [4.78, 5) is 10.4. The van der Waals surface area contributed by atoms with E-state index in [4.69, 9.17) is 22.4 Å². The van der Waals surface area contributed by atoms with Crippen LogP contribution in [0.25, 0.3) is 0 Å². The van der Waals surface area contributed by atoms with Crippen LogP contribution >= 0.6 is 11.6 Å². The molecule has 76 valence electrons. The Kier molecular flexibility index (Phi) is 3.43. The van der Waals surface area contributed by atoms with Crippen LogP contribution < -0.4 is 5.73 Å². The highest BCUT2D eigenvalue weighted by Gasteiger charge is 2.15. The van der Waals surface area contributed by atoms with Gasteiger partial charge in [0.25, 0.3) is 0 Å². The fraction of sp³-hybridized carbons (Fsp3) is 0.222. The molecule has 5 heteroatoms. The first kappa shape index (κ1) is 10.9. The Bertz CT molecular complexity index is 357. The third kappa shape index (κ3) is 2.43. The molecule has 1 aromatic carbocycles. The molecule has 3 nitrogen and oxygen atoms in total. The molecule has 0 spiro atoms. The molecule has 0 aliphatic rings. The normalized spacial score (nSPS) is 12.5. The molecule has 0 amide bonds. The summed E-state index contributed by atoms with van der Waals surface area (Å²) in [5, 5.41) is 8.48. The number of halogens is 2. The number of benzene rings is 1. The summed E-state index contributed by atoms with van der Waals surface area (Å²) in [6.07, 6.45) is 0.0198. The fourth-order valence-corrected chi connectivity index (χ4v) is 1.23. The van der Waals surface area contributed by atoms with Gasteiger partial charge in [-0.05, 0) is 18.1 Å². The maximum atomic E-state index is 12.9. The van der Waals surface area contributed by atoms with Crippen LogP contribution in [0, 0.1) is 5.82 Å². The minimum Gasteiger partial charge on any atom is -0.480 e. The van der Waals surface area contributed by atoms with E-state index in [1.807, 2.05) is 0 Å². The van der Waals surface area contributed by atoms with Crippen LogP contribution in [0.2, 0.25) is 5.02 Å². The summed E-state index contributed by atoms with van der Waals surface area (Å²) in [6.45, 7) is 0. The molecule has 0 aliphatic carbocycles. The Morgan fingerprint density at radius 3 is 2.86 bits per heavy atom. The largest absolute Gasteiger partial charge is 0.480 e. The average Bonchev–Trinajstić information content (AvgIpc) is 2.12. The van der Waals surface area contributed by atoms with Crippen molar-refractivity contribution >= 4 is 17.6 Å². The van der Waals surface area contributed by atoms with Crippen LogP contribution in [-0.4, -0.2) is 17.1 Å². The minimum absolute atomic E-state index is 0.0198. The molecule has 1 atom stereocenters. The Morgan fingerprint density at radius 1 is 1.64 bits per heavy atom. The van der Waals surface area contributed by atoms with Crippen LogP contribution in [-0.2, 0) is 11.2 Å². The maximum absolute atomic E-state index is 12.9. The van der Waals surface area contributed by atoms with Gasteiger partial charge >= 0.3 is 5.97 Å². The van der Waals surface area contributed by atoms with Gasteiger partial charge in [-0.2, -0.15) is 0 Å². The molecular formula is C9H9ClFNO2. The molecule has 0 saturated carbocycles. The molecule has 0 bridgehead atoms. The average molecular weight is 218 g/mol.